The molecule has 0 aliphatic rings. The van der Waals surface area contributed by atoms with E-state index in [-0.39, 0.29) is 11.6 Å². The molecule has 35 heavy (non-hydrogen) atoms. The Morgan fingerprint density at radius 3 is 1.40 bits per heavy atom. The molecule has 0 aliphatic carbocycles. The molecule has 0 radical (unpaired) electrons. The van der Waals surface area contributed by atoms with E-state index < -0.39 is 0 Å². The highest BCUT2D eigenvalue weighted by atomic mass is 15.0. The Morgan fingerprint density at radius 2 is 0.971 bits per heavy atom. The van der Waals surface area contributed by atoms with Crippen LogP contribution in [-0.4, -0.2) is 24.5 Å². The van der Waals surface area contributed by atoms with Gasteiger partial charge in [0.05, 0.1) is 16.7 Å². The minimum absolute atomic E-state index is 0.115. The third-order valence-electron chi connectivity index (χ3n) is 5.97. The van der Waals surface area contributed by atoms with Gasteiger partial charge in [-0.3, -0.25) is 0 Å². The van der Waals surface area contributed by atoms with Crippen LogP contribution in [0.25, 0.3) is 49.7 Å². The summed E-state index contributed by atoms with van der Waals surface area (Å²) in [5, 5.41) is 20.6. The highest BCUT2D eigenvalue weighted by Gasteiger charge is 2.20. The van der Waals surface area contributed by atoms with Crippen molar-refractivity contribution in [2.24, 2.45) is 0 Å². The van der Waals surface area contributed by atoms with E-state index in [0.717, 1.165) is 49.7 Å². The smallest absolute Gasteiger partial charge is 0.232 e. The van der Waals surface area contributed by atoms with Crippen molar-refractivity contribution in [1.82, 2.24) is 24.5 Å². The monoisotopic (exact) mass is 449 g/mol. The summed E-state index contributed by atoms with van der Waals surface area (Å²) in [5.74, 6) is 0.229. The number of aromatic nitrogens is 5. The summed E-state index contributed by atoms with van der Waals surface area (Å²) in [6.07, 6.45) is 6.66. The minimum Gasteiger partial charge on any atom is -0.308 e. The quantitative estimate of drug-likeness (QED) is 0.356. The number of rotatable bonds is 3. The molecule has 0 bridgehead atoms. The molecule has 3 aromatic carbocycles. The van der Waals surface area contributed by atoms with E-state index >= 15 is 0 Å². The SMILES string of the molecule is N#Cc1ncc(-c2cccc(-c3cnc(C#N)nc3)c2-n2c3ccccc3c3ccccc32)cn1. The Hall–Kier alpha value is -5.40. The van der Waals surface area contributed by atoms with Gasteiger partial charge in [-0.1, -0.05) is 54.6 Å². The van der Waals surface area contributed by atoms with Crippen molar-refractivity contribution in [2.45, 2.75) is 0 Å². The third-order valence-corrected chi connectivity index (χ3v) is 5.97. The van der Waals surface area contributed by atoms with Crippen LogP contribution in [0.1, 0.15) is 11.6 Å². The molecule has 6 aromatic rings. The minimum atomic E-state index is 0.115. The Morgan fingerprint density at radius 1 is 0.543 bits per heavy atom. The van der Waals surface area contributed by atoms with Crippen LogP contribution in [0, 0.1) is 22.7 Å². The first-order valence-electron chi connectivity index (χ1n) is 10.8. The van der Waals surface area contributed by atoms with Crippen LogP contribution in [0.2, 0.25) is 0 Å². The molecule has 6 rings (SSSR count). The van der Waals surface area contributed by atoms with Crippen LogP contribution in [0.15, 0.2) is 91.5 Å². The second-order valence-corrected chi connectivity index (χ2v) is 7.89. The maximum Gasteiger partial charge on any atom is 0.232 e. The van der Waals surface area contributed by atoms with Crippen LogP contribution in [0.4, 0.5) is 0 Å². The van der Waals surface area contributed by atoms with E-state index in [0.29, 0.717) is 0 Å². The van der Waals surface area contributed by atoms with E-state index in [1.165, 1.54) is 0 Å². The maximum atomic E-state index is 9.16. The molecule has 7 heteroatoms. The fourth-order valence-electron chi connectivity index (χ4n) is 4.46. The number of para-hydroxylation sites is 3. The van der Waals surface area contributed by atoms with Gasteiger partial charge in [0.1, 0.15) is 12.1 Å². The van der Waals surface area contributed by atoms with Crippen molar-refractivity contribution in [3.63, 3.8) is 0 Å². The zero-order chi connectivity index (χ0) is 23.8. The summed E-state index contributed by atoms with van der Waals surface area (Å²) >= 11 is 0. The molecule has 0 saturated carbocycles. The van der Waals surface area contributed by atoms with E-state index in [1.807, 2.05) is 54.6 Å². The summed E-state index contributed by atoms with van der Waals surface area (Å²) in [4.78, 5) is 16.8. The molecule has 7 nitrogen and oxygen atoms in total. The molecule has 0 amide bonds. The molecule has 0 unspecified atom stereocenters. The lowest BCUT2D eigenvalue weighted by Crippen LogP contribution is -2.02. The van der Waals surface area contributed by atoms with Gasteiger partial charge in [-0.25, -0.2) is 19.9 Å². The lowest BCUT2D eigenvalue weighted by atomic mass is 9.98. The van der Waals surface area contributed by atoms with Gasteiger partial charge in [-0.05, 0) is 12.1 Å². The molecule has 3 heterocycles. The van der Waals surface area contributed by atoms with Crippen LogP contribution in [-0.2, 0) is 0 Å². The van der Waals surface area contributed by atoms with Gasteiger partial charge in [0.25, 0.3) is 0 Å². The molecule has 0 aliphatic heterocycles. The first-order chi connectivity index (χ1) is 17.3. The average Bonchev–Trinajstić information content (AvgIpc) is 3.27. The summed E-state index contributed by atoms with van der Waals surface area (Å²) in [5.41, 5.74) is 6.34. The number of hydrogen-bond donors (Lipinski definition) is 0. The molecular weight excluding hydrogens is 434 g/mol. The average molecular weight is 449 g/mol. The van der Waals surface area contributed by atoms with Crippen molar-refractivity contribution >= 4 is 21.8 Å². The standard InChI is InChI=1S/C28H15N7/c29-12-26-31-14-18(15-32-26)20-8-5-9-21(19-16-33-27(13-30)34-17-19)28(20)35-24-10-3-1-6-22(24)23-7-2-4-11-25(23)35/h1-11,14-17H. The van der Waals surface area contributed by atoms with Crippen LogP contribution >= 0.6 is 0 Å². The second kappa shape index (κ2) is 8.18. The fraction of sp³-hybridized carbons (Fsp3) is 0. The zero-order valence-corrected chi connectivity index (χ0v) is 18.3. The summed E-state index contributed by atoms with van der Waals surface area (Å²) in [6, 6.07) is 26.5. The van der Waals surface area contributed by atoms with E-state index in [1.54, 1.807) is 24.8 Å². The van der Waals surface area contributed by atoms with Gasteiger partial charge in [0.2, 0.25) is 11.6 Å². The lowest BCUT2D eigenvalue weighted by Gasteiger charge is -2.18. The number of nitriles is 2. The van der Waals surface area contributed by atoms with Gasteiger partial charge >= 0.3 is 0 Å². The van der Waals surface area contributed by atoms with Crippen LogP contribution < -0.4 is 0 Å². The number of benzene rings is 3. The first-order valence-corrected chi connectivity index (χ1v) is 10.8. The Bertz CT molecular complexity index is 1670. The van der Waals surface area contributed by atoms with E-state index in [9.17, 15) is 0 Å². The maximum absolute atomic E-state index is 9.16. The summed E-state index contributed by atoms with van der Waals surface area (Å²) in [7, 11) is 0. The van der Waals surface area contributed by atoms with Crippen LogP contribution in [0.3, 0.4) is 0 Å². The number of fused-ring (bicyclic) bond motifs is 3. The van der Waals surface area contributed by atoms with Gasteiger partial charge in [-0.2, -0.15) is 10.5 Å². The molecule has 0 atom stereocenters. The third kappa shape index (κ3) is 3.28. The number of nitrogens with zero attached hydrogens (tertiary/aromatic N) is 7. The largest absolute Gasteiger partial charge is 0.308 e. The topological polar surface area (TPSA) is 104 Å². The fourth-order valence-corrected chi connectivity index (χ4v) is 4.46. The molecule has 0 N–H and O–H groups in total. The first kappa shape index (κ1) is 20.2. The van der Waals surface area contributed by atoms with Crippen molar-refractivity contribution in [2.75, 3.05) is 0 Å². The lowest BCUT2D eigenvalue weighted by molar-refractivity contribution is 1.10. The van der Waals surface area contributed by atoms with Gasteiger partial charge in [0.15, 0.2) is 0 Å². The van der Waals surface area contributed by atoms with Crippen LogP contribution in [0.5, 0.6) is 0 Å². The zero-order valence-electron chi connectivity index (χ0n) is 18.3. The van der Waals surface area contributed by atoms with Gasteiger partial charge in [-0.15, -0.1) is 0 Å². The van der Waals surface area contributed by atoms with Crippen molar-refractivity contribution < 1.29 is 0 Å². The Balaban J connectivity index is 1.74. The summed E-state index contributed by atoms with van der Waals surface area (Å²) < 4.78 is 2.23. The number of hydrogen-bond acceptors (Lipinski definition) is 6. The molecule has 162 valence electrons. The van der Waals surface area contributed by atoms with Crippen molar-refractivity contribution in [1.29, 1.82) is 10.5 Å². The molecule has 0 fully saturated rings. The highest BCUT2D eigenvalue weighted by Crippen LogP contribution is 2.40. The molecule has 0 spiro atoms. The normalized spacial score (nSPS) is 10.8. The predicted molar refractivity (Wildman–Crippen MR) is 132 cm³/mol. The summed E-state index contributed by atoms with van der Waals surface area (Å²) in [6.45, 7) is 0. The predicted octanol–water partition coefficient (Wildman–Crippen LogP) is 5.44. The highest BCUT2D eigenvalue weighted by molar-refractivity contribution is 6.10. The van der Waals surface area contributed by atoms with E-state index in [4.69, 9.17) is 10.5 Å². The second-order valence-electron chi connectivity index (χ2n) is 7.89. The Kier molecular flexibility index (Phi) is 4.73. The molecule has 3 aromatic heterocycles. The molecular formula is C28H15N7. The van der Waals surface area contributed by atoms with Gasteiger partial charge in [0, 0.05) is 57.8 Å². The molecule has 0 saturated heterocycles. The van der Waals surface area contributed by atoms with E-state index in [2.05, 4.69) is 48.8 Å². The van der Waals surface area contributed by atoms with Crippen molar-refractivity contribution in [3.8, 4) is 40.1 Å². The Labute approximate surface area is 200 Å². The van der Waals surface area contributed by atoms with Gasteiger partial charge < -0.3 is 4.57 Å². The van der Waals surface area contributed by atoms with Crippen molar-refractivity contribution in [3.05, 3.63) is 103 Å².